The van der Waals surface area contributed by atoms with Crippen LogP contribution in [-0.2, 0) is 21.4 Å². The van der Waals surface area contributed by atoms with Gasteiger partial charge in [0, 0.05) is 6.54 Å². The molecule has 0 aliphatic rings. The van der Waals surface area contributed by atoms with Gasteiger partial charge in [-0.15, -0.1) is 11.3 Å². The number of carbonyl (C=O) groups is 1. The molecule has 6 nitrogen and oxygen atoms in total. The zero-order valence-electron chi connectivity index (χ0n) is 14.4. The third-order valence-corrected chi connectivity index (χ3v) is 6.46. The second kappa shape index (κ2) is 8.46. The second-order valence-corrected chi connectivity index (χ2v) is 8.73. The Balaban J connectivity index is 2.02. The summed E-state index contributed by atoms with van der Waals surface area (Å²) < 4.78 is 32.5. The molecule has 0 bridgehead atoms. The van der Waals surface area contributed by atoms with Crippen LogP contribution in [0.5, 0.6) is 5.75 Å². The summed E-state index contributed by atoms with van der Waals surface area (Å²) in [5, 5.41) is 4.47. The summed E-state index contributed by atoms with van der Waals surface area (Å²) in [6.07, 6.45) is 0. The molecule has 8 heteroatoms. The van der Waals surface area contributed by atoms with Crippen molar-refractivity contribution in [3.05, 3.63) is 47.3 Å². The number of sulfonamides is 1. The highest BCUT2D eigenvalue weighted by atomic mass is 32.2. The van der Waals surface area contributed by atoms with Gasteiger partial charge in [-0.05, 0) is 35.1 Å². The summed E-state index contributed by atoms with van der Waals surface area (Å²) in [5.74, 6) is 0.190. The molecule has 0 aliphatic heterocycles. The molecule has 2 rings (SSSR count). The minimum Gasteiger partial charge on any atom is -0.497 e. The van der Waals surface area contributed by atoms with Crippen LogP contribution in [0.2, 0.25) is 0 Å². The monoisotopic (exact) mass is 382 g/mol. The highest BCUT2D eigenvalue weighted by molar-refractivity contribution is 7.91. The van der Waals surface area contributed by atoms with Crippen LogP contribution >= 0.6 is 11.3 Å². The van der Waals surface area contributed by atoms with Gasteiger partial charge in [-0.1, -0.05) is 32.0 Å². The molecule has 136 valence electrons. The van der Waals surface area contributed by atoms with Gasteiger partial charge in [0.1, 0.15) is 16.0 Å². The van der Waals surface area contributed by atoms with E-state index in [4.69, 9.17) is 4.74 Å². The van der Waals surface area contributed by atoms with Gasteiger partial charge in [0.25, 0.3) is 10.0 Å². The van der Waals surface area contributed by atoms with Crippen molar-refractivity contribution < 1.29 is 17.9 Å². The Morgan fingerprint density at radius 1 is 1.20 bits per heavy atom. The fourth-order valence-corrected chi connectivity index (χ4v) is 4.53. The molecule has 1 unspecified atom stereocenters. The van der Waals surface area contributed by atoms with E-state index in [-0.39, 0.29) is 16.0 Å². The molecule has 0 saturated carbocycles. The molecule has 2 aromatic rings. The van der Waals surface area contributed by atoms with Crippen LogP contribution in [0.15, 0.2) is 46.0 Å². The van der Waals surface area contributed by atoms with Crippen molar-refractivity contribution in [1.29, 1.82) is 0 Å². The zero-order chi connectivity index (χ0) is 18.4. The number of carbonyl (C=O) groups excluding carboxylic acids is 1. The van der Waals surface area contributed by atoms with E-state index < -0.39 is 16.1 Å². The first-order valence-electron chi connectivity index (χ1n) is 7.80. The second-order valence-electron chi connectivity index (χ2n) is 5.84. The zero-order valence-corrected chi connectivity index (χ0v) is 16.0. The molecule has 0 radical (unpaired) electrons. The topological polar surface area (TPSA) is 84.5 Å². The molecule has 1 aromatic heterocycles. The van der Waals surface area contributed by atoms with Crippen LogP contribution in [0.4, 0.5) is 0 Å². The SMILES string of the molecule is COc1ccc(CNC(=O)C(NS(=O)(=O)c2cccs2)C(C)C)cc1. The molecule has 0 spiro atoms. The van der Waals surface area contributed by atoms with Crippen molar-refractivity contribution in [2.75, 3.05) is 7.11 Å². The predicted octanol–water partition coefficient (Wildman–Crippen LogP) is 2.38. The van der Waals surface area contributed by atoms with Gasteiger partial charge < -0.3 is 10.1 Å². The standard InChI is InChI=1S/C17H22N2O4S2/c1-12(2)16(19-25(21,22)15-5-4-10-24-15)17(20)18-11-13-6-8-14(23-3)9-7-13/h4-10,12,16,19H,11H2,1-3H3,(H,18,20). The van der Waals surface area contributed by atoms with Crippen molar-refractivity contribution in [2.45, 2.75) is 30.6 Å². The number of ether oxygens (including phenoxy) is 1. The van der Waals surface area contributed by atoms with E-state index in [1.807, 2.05) is 12.1 Å². The molecule has 1 atom stereocenters. The van der Waals surface area contributed by atoms with Crippen molar-refractivity contribution in [2.24, 2.45) is 5.92 Å². The minimum atomic E-state index is -3.71. The lowest BCUT2D eigenvalue weighted by Crippen LogP contribution is -2.49. The number of hydrogen-bond acceptors (Lipinski definition) is 5. The van der Waals surface area contributed by atoms with Crippen molar-refractivity contribution >= 4 is 27.3 Å². The van der Waals surface area contributed by atoms with Crippen molar-refractivity contribution in [3.63, 3.8) is 0 Å². The number of thiophene rings is 1. The average Bonchev–Trinajstić information content (AvgIpc) is 3.13. The lowest BCUT2D eigenvalue weighted by atomic mass is 10.0. The lowest BCUT2D eigenvalue weighted by Gasteiger charge is -2.21. The summed E-state index contributed by atoms with van der Waals surface area (Å²) in [7, 11) is -2.12. The Labute approximate surface area is 152 Å². The van der Waals surface area contributed by atoms with Crippen LogP contribution in [0.3, 0.4) is 0 Å². The van der Waals surface area contributed by atoms with Gasteiger partial charge in [-0.25, -0.2) is 8.42 Å². The molecular weight excluding hydrogens is 360 g/mol. The first kappa shape index (κ1) is 19.4. The van der Waals surface area contributed by atoms with Gasteiger partial charge in [0.05, 0.1) is 7.11 Å². The van der Waals surface area contributed by atoms with E-state index >= 15 is 0 Å². The molecule has 0 saturated heterocycles. The van der Waals surface area contributed by atoms with E-state index in [9.17, 15) is 13.2 Å². The van der Waals surface area contributed by atoms with Gasteiger partial charge >= 0.3 is 0 Å². The summed E-state index contributed by atoms with van der Waals surface area (Å²) in [5.41, 5.74) is 0.901. The lowest BCUT2D eigenvalue weighted by molar-refractivity contribution is -0.123. The van der Waals surface area contributed by atoms with E-state index in [2.05, 4.69) is 10.0 Å². The highest BCUT2D eigenvalue weighted by Crippen LogP contribution is 2.17. The Morgan fingerprint density at radius 3 is 2.40 bits per heavy atom. The largest absolute Gasteiger partial charge is 0.497 e. The number of amides is 1. The fraction of sp³-hybridized carbons (Fsp3) is 0.353. The molecule has 1 amide bonds. The Morgan fingerprint density at radius 2 is 1.88 bits per heavy atom. The Kier molecular flexibility index (Phi) is 6.57. The van der Waals surface area contributed by atoms with Crippen LogP contribution in [0.25, 0.3) is 0 Å². The molecule has 1 aromatic carbocycles. The van der Waals surface area contributed by atoms with Gasteiger partial charge in [-0.3, -0.25) is 4.79 Å². The first-order chi connectivity index (χ1) is 11.8. The maximum absolute atomic E-state index is 12.5. The van der Waals surface area contributed by atoms with E-state index in [0.29, 0.717) is 6.54 Å². The predicted molar refractivity (Wildman–Crippen MR) is 98.1 cm³/mol. The molecule has 1 heterocycles. The number of benzene rings is 1. The van der Waals surface area contributed by atoms with E-state index in [0.717, 1.165) is 22.6 Å². The first-order valence-corrected chi connectivity index (χ1v) is 10.2. The maximum Gasteiger partial charge on any atom is 0.250 e. The number of nitrogens with one attached hydrogen (secondary N) is 2. The van der Waals surface area contributed by atoms with Crippen LogP contribution in [-0.4, -0.2) is 27.5 Å². The fourth-order valence-electron chi connectivity index (χ4n) is 2.18. The third-order valence-electron chi connectivity index (χ3n) is 3.62. The van der Waals surface area contributed by atoms with Crippen molar-refractivity contribution in [1.82, 2.24) is 10.0 Å². The summed E-state index contributed by atoms with van der Waals surface area (Å²) in [6.45, 7) is 3.91. The van der Waals surface area contributed by atoms with Gasteiger partial charge in [0.15, 0.2) is 0 Å². The normalized spacial score (nSPS) is 12.8. The molecule has 2 N–H and O–H groups in total. The summed E-state index contributed by atoms with van der Waals surface area (Å²) in [6, 6.07) is 9.64. The van der Waals surface area contributed by atoms with Crippen molar-refractivity contribution in [3.8, 4) is 5.75 Å². The molecule has 0 aliphatic carbocycles. The summed E-state index contributed by atoms with van der Waals surface area (Å²) >= 11 is 1.11. The van der Waals surface area contributed by atoms with Crippen LogP contribution in [0.1, 0.15) is 19.4 Å². The van der Waals surface area contributed by atoms with Gasteiger partial charge in [-0.2, -0.15) is 4.72 Å². The van der Waals surface area contributed by atoms with Crippen LogP contribution < -0.4 is 14.8 Å². The smallest absolute Gasteiger partial charge is 0.250 e. The highest BCUT2D eigenvalue weighted by Gasteiger charge is 2.28. The van der Waals surface area contributed by atoms with E-state index in [1.165, 1.54) is 6.07 Å². The maximum atomic E-state index is 12.5. The van der Waals surface area contributed by atoms with E-state index in [1.54, 1.807) is 44.5 Å². The number of methoxy groups -OCH3 is 1. The quantitative estimate of drug-likeness (QED) is 0.734. The molecule has 0 fully saturated rings. The third kappa shape index (κ3) is 5.29. The Hall–Kier alpha value is -1.90. The molecule has 25 heavy (non-hydrogen) atoms. The Bertz CT molecular complexity index is 785. The van der Waals surface area contributed by atoms with Crippen LogP contribution in [0, 0.1) is 5.92 Å². The number of hydrogen-bond donors (Lipinski definition) is 2. The van der Waals surface area contributed by atoms with Gasteiger partial charge in [0.2, 0.25) is 5.91 Å². The summed E-state index contributed by atoms with van der Waals surface area (Å²) in [4.78, 5) is 12.5. The average molecular weight is 383 g/mol. The molecular formula is C17H22N2O4S2. The number of rotatable bonds is 8. The minimum absolute atomic E-state index is 0.189.